The molecule has 0 saturated carbocycles. The third-order valence-electron chi connectivity index (χ3n) is 5.87. The van der Waals surface area contributed by atoms with E-state index < -0.39 is 46.3 Å². The Balaban J connectivity index is 1.66. The lowest BCUT2D eigenvalue weighted by atomic mass is 9.60. The third-order valence-corrected chi connectivity index (χ3v) is 6.79. The van der Waals surface area contributed by atoms with Crippen LogP contribution in [-0.2, 0) is 11.9 Å². The van der Waals surface area contributed by atoms with Gasteiger partial charge in [-0.3, -0.25) is 4.57 Å². The fraction of sp³-hybridized carbons (Fsp3) is 0.182. The summed E-state index contributed by atoms with van der Waals surface area (Å²) in [6.45, 7) is -0.672. The summed E-state index contributed by atoms with van der Waals surface area (Å²) in [5, 5.41) is 3.98. The molecule has 0 amide bonds. The van der Waals surface area contributed by atoms with Crippen molar-refractivity contribution in [1.29, 1.82) is 0 Å². The topological polar surface area (TPSA) is 97.1 Å². The van der Waals surface area contributed by atoms with Crippen LogP contribution in [0.5, 0.6) is 0 Å². The first-order chi connectivity index (χ1) is 18.0. The second kappa shape index (κ2) is 9.64. The SMILES string of the molecule is [B]C([B])(c1cscn1)n1c(=O)nc(NC2=CC3=CN(C)NC3C=C2Cl)n(Cc2cc(F)c(F)cc2F)c1=O. The van der Waals surface area contributed by atoms with Crippen molar-refractivity contribution in [2.75, 3.05) is 12.4 Å². The van der Waals surface area contributed by atoms with Gasteiger partial charge in [-0.25, -0.2) is 37.7 Å². The number of fused-ring (bicyclic) bond motifs is 1. The zero-order valence-electron chi connectivity index (χ0n) is 19.5. The Labute approximate surface area is 224 Å². The molecule has 1 aliphatic heterocycles. The van der Waals surface area contributed by atoms with Crippen LogP contribution in [0.25, 0.3) is 0 Å². The van der Waals surface area contributed by atoms with E-state index in [1.54, 1.807) is 30.4 Å². The number of aromatic nitrogens is 4. The summed E-state index contributed by atoms with van der Waals surface area (Å²) < 4.78 is 43.3. The van der Waals surface area contributed by atoms with Gasteiger partial charge in [-0.05, 0) is 23.8 Å². The number of allylic oxidation sites excluding steroid dienone is 1. The van der Waals surface area contributed by atoms with Crippen molar-refractivity contribution in [3.05, 3.63) is 107 Å². The van der Waals surface area contributed by atoms with Crippen LogP contribution in [0, 0.1) is 17.5 Å². The molecule has 0 spiro atoms. The molecule has 16 heteroatoms. The molecule has 1 aromatic carbocycles. The number of hydrogen-bond acceptors (Lipinski definition) is 8. The molecule has 3 aromatic rings. The predicted molar refractivity (Wildman–Crippen MR) is 137 cm³/mol. The lowest BCUT2D eigenvalue weighted by Gasteiger charge is -2.27. The lowest BCUT2D eigenvalue weighted by Crippen LogP contribution is -2.54. The number of hydrazine groups is 1. The minimum atomic E-state index is -2.23. The van der Waals surface area contributed by atoms with E-state index in [2.05, 4.69) is 20.7 Å². The van der Waals surface area contributed by atoms with Crippen LogP contribution in [0.3, 0.4) is 0 Å². The van der Waals surface area contributed by atoms with Crippen molar-refractivity contribution >= 4 is 44.6 Å². The molecule has 0 saturated heterocycles. The van der Waals surface area contributed by atoms with Crippen molar-refractivity contribution in [1.82, 2.24) is 29.5 Å². The predicted octanol–water partition coefficient (Wildman–Crippen LogP) is 1.46. The van der Waals surface area contributed by atoms with Gasteiger partial charge in [0.2, 0.25) is 5.95 Å². The Morgan fingerprint density at radius 3 is 2.66 bits per heavy atom. The Hall–Kier alpha value is -3.55. The van der Waals surface area contributed by atoms with Crippen molar-refractivity contribution in [3.63, 3.8) is 0 Å². The molecule has 2 aromatic heterocycles. The number of benzene rings is 1. The van der Waals surface area contributed by atoms with Gasteiger partial charge < -0.3 is 10.3 Å². The van der Waals surface area contributed by atoms with Gasteiger partial charge in [0, 0.05) is 35.6 Å². The number of nitrogens with one attached hydrogen (secondary N) is 2. The molecule has 9 nitrogen and oxygen atoms in total. The first-order valence-electron chi connectivity index (χ1n) is 10.9. The van der Waals surface area contributed by atoms with Crippen molar-refractivity contribution < 1.29 is 13.2 Å². The average Bonchev–Trinajstić information content (AvgIpc) is 3.49. The van der Waals surface area contributed by atoms with E-state index in [4.69, 9.17) is 27.3 Å². The molecule has 38 heavy (non-hydrogen) atoms. The summed E-state index contributed by atoms with van der Waals surface area (Å²) in [5.41, 5.74) is 2.92. The molecule has 3 heterocycles. The van der Waals surface area contributed by atoms with Crippen LogP contribution >= 0.6 is 22.9 Å². The molecule has 5 rings (SSSR count). The summed E-state index contributed by atoms with van der Waals surface area (Å²) in [5.74, 6) is -4.25. The number of hydrogen-bond donors (Lipinski definition) is 2. The summed E-state index contributed by atoms with van der Waals surface area (Å²) in [7, 11) is 14.1. The summed E-state index contributed by atoms with van der Waals surface area (Å²) >= 11 is 7.54. The lowest BCUT2D eigenvalue weighted by molar-refractivity contribution is 0.349. The van der Waals surface area contributed by atoms with E-state index in [0.717, 1.165) is 21.5 Å². The molecule has 0 bridgehead atoms. The Morgan fingerprint density at radius 2 is 1.95 bits per heavy atom. The molecular formula is C22H15B2ClF3N7O2S. The van der Waals surface area contributed by atoms with E-state index in [0.29, 0.717) is 16.7 Å². The number of nitrogens with zero attached hydrogens (tertiary/aromatic N) is 5. The minimum absolute atomic E-state index is 0.00781. The molecule has 2 aliphatic rings. The molecule has 2 N–H and O–H groups in total. The van der Waals surface area contributed by atoms with E-state index in [1.807, 2.05) is 0 Å². The monoisotopic (exact) mass is 555 g/mol. The van der Waals surface area contributed by atoms with E-state index in [1.165, 1.54) is 10.9 Å². The van der Waals surface area contributed by atoms with Gasteiger partial charge in [-0.2, -0.15) is 4.98 Å². The summed E-state index contributed by atoms with van der Waals surface area (Å²) in [6.07, 6.45) is 5.15. The second-order valence-corrected chi connectivity index (χ2v) is 9.65. The highest BCUT2D eigenvalue weighted by Crippen LogP contribution is 2.29. The van der Waals surface area contributed by atoms with E-state index in [9.17, 15) is 22.8 Å². The van der Waals surface area contributed by atoms with Gasteiger partial charge in [0.1, 0.15) is 5.82 Å². The highest BCUT2D eigenvalue weighted by molar-refractivity contribution is 7.07. The smallest absolute Gasteiger partial charge is 0.324 e. The Morgan fingerprint density at radius 1 is 1.21 bits per heavy atom. The van der Waals surface area contributed by atoms with Crippen molar-refractivity contribution in [3.8, 4) is 0 Å². The quantitative estimate of drug-likeness (QED) is 0.351. The average molecular weight is 556 g/mol. The molecule has 190 valence electrons. The summed E-state index contributed by atoms with van der Waals surface area (Å²) in [4.78, 5) is 34.6. The van der Waals surface area contributed by atoms with Gasteiger partial charge in [-0.1, -0.05) is 11.6 Å². The maximum absolute atomic E-state index is 14.6. The molecule has 1 atom stereocenters. The van der Waals surface area contributed by atoms with E-state index >= 15 is 0 Å². The summed E-state index contributed by atoms with van der Waals surface area (Å²) in [6, 6.07) is 0.736. The van der Waals surface area contributed by atoms with Crippen molar-refractivity contribution in [2.45, 2.75) is 17.9 Å². The number of halogens is 4. The van der Waals surface area contributed by atoms with Crippen LogP contribution in [0.15, 0.2) is 67.3 Å². The van der Waals surface area contributed by atoms with Gasteiger partial charge in [0.25, 0.3) is 0 Å². The first-order valence-corrected chi connectivity index (χ1v) is 12.2. The highest BCUT2D eigenvalue weighted by Gasteiger charge is 2.31. The first kappa shape index (κ1) is 26.1. The molecule has 0 fully saturated rings. The van der Waals surface area contributed by atoms with Gasteiger partial charge in [0.05, 0.1) is 50.2 Å². The van der Waals surface area contributed by atoms with Crippen LogP contribution < -0.4 is 22.1 Å². The standard InChI is InChI=1S/C22H15B2ClF3N7O2S/c1-33-6-11-3-17(12(25)4-16(11)32-33)30-19-31-20(36)35(22(23,24)18-8-38-9-29-18)21(37)34(19)7-10-2-14(27)15(28)5-13(10)26/h2-6,8-9,16,32H,7H2,1H3,(H,30,31,36). The largest absolute Gasteiger partial charge is 0.354 e. The second-order valence-electron chi connectivity index (χ2n) is 8.52. The number of thiazole rings is 1. The number of anilines is 1. The molecule has 1 aliphatic carbocycles. The zero-order chi connectivity index (χ0) is 27.4. The molecular weight excluding hydrogens is 540 g/mol. The minimum Gasteiger partial charge on any atom is -0.324 e. The van der Waals surface area contributed by atoms with Crippen LogP contribution in [0.1, 0.15) is 11.3 Å². The highest BCUT2D eigenvalue weighted by atomic mass is 35.5. The Kier molecular flexibility index (Phi) is 6.61. The fourth-order valence-corrected chi connectivity index (χ4v) is 4.85. The van der Waals surface area contributed by atoms with Crippen LogP contribution in [0.2, 0.25) is 0 Å². The Bertz CT molecular complexity index is 1650. The third kappa shape index (κ3) is 4.61. The van der Waals surface area contributed by atoms with Gasteiger partial charge >= 0.3 is 11.4 Å². The maximum atomic E-state index is 14.6. The molecule has 4 radical (unpaired) electrons. The number of rotatable bonds is 6. The normalized spacial score (nSPS) is 17.1. The van der Waals surface area contributed by atoms with E-state index in [-0.39, 0.29) is 28.4 Å². The fourth-order valence-electron chi connectivity index (χ4n) is 4.01. The van der Waals surface area contributed by atoms with Crippen LogP contribution in [-0.4, -0.2) is 52.9 Å². The van der Waals surface area contributed by atoms with Crippen molar-refractivity contribution in [2.24, 2.45) is 0 Å². The van der Waals surface area contributed by atoms with Gasteiger partial charge in [0.15, 0.2) is 11.6 Å². The zero-order valence-corrected chi connectivity index (χ0v) is 21.0. The van der Waals surface area contributed by atoms with Crippen LogP contribution in [0.4, 0.5) is 19.1 Å². The molecule has 1 unspecified atom stereocenters. The van der Waals surface area contributed by atoms with Gasteiger partial charge in [-0.15, -0.1) is 11.3 Å². The maximum Gasteiger partial charge on any atom is 0.354 e.